The summed E-state index contributed by atoms with van der Waals surface area (Å²) in [6, 6.07) is 3.52. The predicted octanol–water partition coefficient (Wildman–Crippen LogP) is 2.51. The van der Waals surface area contributed by atoms with E-state index < -0.39 is 17.8 Å². The third-order valence-electron chi connectivity index (χ3n) is 3.33. The van der Waals surface area contributed by atoms with Crippen LogP contribution in [0.25, 0.3) is 0 Å². The summed E-state index contributed by atoms with van der Waals surface area (Å²) in [6.45, 7) is 1.63. The van der Waals surface area contributed by atoms with E-state index in [-0.39, 0.29) is 18.4 Å². The van der Waals surface area contributed by atoms with Crippen LogP contribution in [0.3, 0.4) is 0 Å². The molecule has 0 heterocycles. The fourth-order valence-electron chi connectivity index (χ4n) is 2.03. The maximum absolute atomic E-state index is 13.4. The summed E-state index contributed by atoms with van der Waals surface area (Å²) in [4.78, 5) is 22.5. The summed E-state index contributed by atoms with van der Waals surface area (Å²) >= 11 is 0. The number of hydrogen-bond donors (Lipinski definition) is 3. The van der Waals surface area contributed by atoms with Gasteiger partial charge in [0.25, 0.3) is 0 Å². The highest BCUT2D eigenvalue weighted by atomic mass is 19.1. The number of aryl methyl sites for hydroxylation is 1. The minimum Gasteiger partial charge on any atom is -0.481 e. The Labute approximate surface area is 116 Å². The van der Waals surface area contributed by atoms with Gasteiger partial charge in [-0.1, -0.05) is 6.07 Å². The maximum atomic E-state index is 13.4. The predicted molar refractivity (Wildman–Crippen MR) is 72.1 cm³/mol. The molecule has 2 rings (SSSR count). The molecule has 0 saturated heterocycles. The zero-order chi connectivity index (χ0) is 14.7. The van der Waals surface area contributed by atoms with Gasteiger partial charge >= 0.3 is 12.0 Å². The smallest absolute Gasteiger partial charge is 0.319 e. The van der Waals surface area contributed by atoms with Crippen LogP contribution in [0.1, 0.15) is 24.8 Å². The topological polar surface area (TPSA) is 78.4 Å². The molecule has 0 aliphatic heterocycles. The van der Waals surface area contributed by atoms with Crippen molar-refractivity contribution in [2.75, 3.05) is 5.32 Å². The van der Waals surface area contributed by atoms with Gasteiger partial charge in [0.1, 0.15) is 5.82 Å². The summed E-state index contributed by atoms with van der Waals surface area (Å²) in [7, 11) is 0. The first-order chi connectivity index (χ1) is 9.45. The van der Waals surface area contributed by atoms with Crippen molar-refractivity contribution in [3.8, 4) is 0 Å². The number of benzene rings is 1. The maximum Gasteiger partial charge on any atom is 0.319 e. The minimum atomic E-state index is -0.941. The molecule has 1 aliphatic carbocycles. The van der Waals surface area contributed by atoms with Gasteiger partial charge in [-0.05, 0) is 43.4 Å². The zero-order valence-corrected chi connectivity index (χ0v) is 11.1. The number of rotatable bonds is 5. The van der Waals surface area contributed by atoms with Gasteiger partial charge in [0.05, 0.1) is 6.42 Å². The summed E-state index contributed by atoms with van der Waals surface area (Å²) in [5.74, 6) is -1.11. The number of aliphatic carboxylic acids is 1. The van der Waals surface area contributed by atoms with Crippen molar-refractivity contribution < 1.29 is 19.1 Å². The van der Waals surface area contributed by atoms with E-state index in [1.54, 1.807) is 19.1 Å². The van der Waals surface area contributed by atoms with Gasteiger partial charge in [0.2, 0.25) is 0 Å². The molecule has 0 radical (unpaired) electrons. The van der Waals surface area contributed by atoms with Gasteiger partial charge in [-0.2, -0.15) is 0 Å². The van der Waals surface area contributed by atoms with E-state index in [1.807, 2.05) is 0 Å². The fourth-order valence-corrected chi connectivity index (χ4v) is 2.03. The Morgan fingerprint density at radius 1 is 1.45 bits per heavy atom. The Bertz CT molecular complexity index is 529. The van der Waals surface area contributed by atoms with E-state index >= 15 is 0 Å². The van der Waals surface area contributed by atoms with Crippen molar-refractivity contribution >= 4 is 17.7 Å². The number of hydrogen-bond acceptors (Lipinski definition) is 2. The van der Waals surface area contributed by atoms with Gasteiger partial charge in [0, 0.05) is 11.7 Å². The average Bonchev–Trinajstić information content (AvgIpc) is 3.16. The lowest BCUT2D eigenvalue weighted by atomic mass is 10.1. The summed E-state index contributed by atoms with van der Waals surface area (Å²) in [5.41, 5.74) is 0.841. The van der Waals surface area contributed by atoms with Crippen molar-refractivity contribution in [1.82, 2.24) is 5.32 Å². The Morgan fingerprint density at radius 3 is 2.70 bits per heavy atom. The van der Waals surface area contributed by atoms with E-state index in [0.717, 1.165) is 12.8 Å². The Kier molecular flexibility index (Phi) is 4.22. The summed E-state index contributed by atoms with van der Waals surface area (Å²) < 4.78 is 13.4. The number of carbonyl (C=O) groups is 2. The molecular weight excluding hydrogens is 263 g/mol. The molecule has 3 N–H and O–H groups in total. The molecular formula is C14H17FN2O3. The van der Waals surface area contributed by atoms with Crippen LogP contribution in [0.2, 0.25) is 0 Å². The molecule has 5 nitrogen and oxygen atoms in total. The molecule has 1 unspecified atom stereocenters. The second-order valence-corrected chi connectivity index (χ2v) is 5.10. The number of amides is 2. The molecule has 0 bridgehead atoms. The van der Waals surface area contributed by atoms with E-state index in [0.29, 0.717) is 11.3 Å². The third-order valence-corrected chi connectivity index (χ3v) is 3.33. The third kappa shape index (κ3) is 3.94. The van der Waals surface area contributed by atoms with Gasteiger partial charge in [-0.25, -0.2) is 9.18 Å². The lowest BCUT2D eigenvalue weighted by Gasteiger charge is -2.16. The molecule has 6 heteroatoms. The van der Waals surface area contributed by atoms with Gasteiger partial charge < -0.3 is 15.7 Å². The number of carboxylic acids is 1. The summed E-state index contributed by atoms with van der Waals surface area (Å²) in [5, 5.41) is 14.0. The number of anilines is 1. The molecule has 1 saturated carbocycles. The van der Waals surface area contributed by atoms with Crippen molar-refractivity contribution in [1.29, 1.82) is 0 Å². The zero-order valence-electron chi connectivity index (χ0n) is 11.1. The van der Waals surface area contributed by atoms with Gasteiger partial charge in [0.15, 0.2) is 0 Å². The van der Waals surface area contributed by atoms with Crippen LogP contribution in [0.5, 0.6) is 0 Å². The van der Waals surface area contributed by atoms with Crippen molar-refractivity contribution in [3.63, 3.8) is 0 Å². The van der Waals surface area contributed by atoms with Crippen molar-refractivity contribution in [2.24, 2.45) is 5.92 Å². The van der Waals surface area contributed by atoms with Crippen LogP contribution in [0.4, 0.5) is 14.9 Å². The number of nitrogens with one attached hydrogen (secondary N) is 2. The molecule has 1 aliphatic rings. The number of carbonyl (C=O) groups excluding carboxylic acids is 1. The molecule has 1 aromatic rings. The van der Waals surface area contributed by atoms with Crippen molar-refractivity contribution in [2.45, 2.75) is 32.2 Å². The fraction of sp³-hybridized carbons (Fsp3) is 0.429. The quantitative estimate of drug-likeness (QED) is 0.775. The highest BCUT2D eigenvalue weighted by Crippen LogP contribution is 2.34. The molecule has 108 valence electrons. The Morgan fingerprint density at radius 2 is 2.15 bits per heavy atom. The average molecular weight is 280 g/mol. The van der Waals surface area contributed by atoms with Crippen LogP contribution in [0.15, 0.2) is 18.2 Å². The summed E-state index contributed by atoms with van der Waals surface area (Å²) in [6.07, 6.45) is 1.76. The normalized spacial score (nSPS) is 15.5. The first kappa shape index (κ1) is 14.3. The largest absolute Gasteiger partial charge is 0.481 e. The number of urea groups is 1. The van der Waals surface area contributed by atoms with E-state index in [4.69, 9.17) is 5.11 Å². The van der Waals surface area contributed by atoms with E-state index in [2.05, 4.69) is 10.6 Å². The lowest BCUT2D eigenvalue weighted by molar-refractivity contribution is -0.137. The first-order valence-electron chi connectivity index (χ1n) is 6.51. The van der Waals surface area contributed by atoms with Crippen LogP contribution in [-0.2, 0) is 4.79 Å². The standard InChI is InChI=1S/C14H17FN2O3/c1-8-2-5-10(6-11(8)15)16-14(20)17-12(7-13(18)19)9-3-4-9/h2,5-6,9,12H,3-4,7H2,1H3,(H,18,19)(H2,16,17,20). The minimum absolute atomic E-state index is 0.0969. The SMILES string of the molecule is Cc1ccc(NC(=O)NC(CC(=O)O)C2CC2)cc1F. The molecule has 1 fully saturated rings. The molecule has 2 amide bonds. The number of halogens is 1. The molecule has 1 atom stereocenters. The first-order valence-corrected chi connectivity index (χ1v) is 6.51. The Hall–Kier alpha value is -2.11. The molecule has 1 aromatic carbocycles. The van der Waals surface area contributed by atoms with Crippen LogP contribution < -0.4 is 10.6 Å². The molecule has 0 spiro atoms. The van der Waals surface area contributed by atoms with Crippen LogP contribution in [-0.4, -0.2) is 23.1 Å². The Balaban J connectivity index is 1.93. The van der Waals surface area contributed by atoms with E-state index in [9.17, 15) is 14.0 Å². The second-order valence-electron chi connectivity index (χ2n) is 5.10. The molecule has 20 heavy (non-hydrogen) atoms. The highest BCUT2D eigenvalue weighted by molar-refractivity contribution is 5.89. The van der Waals surface area contributed by atoms with Crippen LogP contribution >= 0.6 is 0 Å². The molecule has 0 aromatic heterocycles. The monoisotopic (exact) mass is 280 g/mol. The van der Waals surface area contributed by atoms with Crippen molar-refractivity contribution in [3.05, 3.63) is 29.6 Å². The van der Waals surface area contributed by atoms with E-state index in [1.165, 1.54) is 6.07 Å². The number of carboxylic acid groups (broad SMARTS) is 1. The lowest BCUT2D eigenvalue weighted by Crippen LogP contribution is -2.40. The second kappa shape index (κ2) is 5.90. The van der Waals surface area contributed by atoms with Gasteiger partial charge in [-0.3, -0.25) is 4.79 Å². The van der Waals surface area contributed by atoms with Crippen LogP contribution in [0, 0.1) is 18.7 Å². The van der Waals surface area contributed by atoms with Gasteiger partial charge in [-0.15, -0.1) is 0 Å². The highest BCUT2D eigenvalue weighted by Gasteiger charge is 2.33.